The van der Waals surface area contributed by atoms with Gasteiger partial charge in [-0.2, -0.15) is 0 Å². The molecule has 1 aliphatic carbocycles. The lowest BCUT2D eigenvalue weighted by atomic mass is 10.1. The van der Waals surface area contributed by atoms with E-state index >= 15 is 0 Å². The van der Waals surface area contributed by atoms with Crippen molar-refractivity contribution in [3.05, 3.63) is 23.8 Å². The third-order valence-corrected chi connectivity index (χ3v) is 6.77. The third kappa shape index (κ3) is 6.60. The molecule has 3 rings (SSSR count). The minimum absolute atomic E-state index is 0.00373. The number of nitrogens with one attached hydrogen (secondary N) is 2. The van der Waals surface area contributed by atoms with E-state index in [0.29, 0.717) is 38.3 Å². The Kier molecular flexibility index (Phi) is 8.74. The van der Waals surface area contributed by atoms with Gasteiger partial charge in [0, 0.05) is 12.1 Å². The third-order valence-electron chi connectivity index (χ3n) is 4.80. The largest absolute Gasteiger partial charge is 0.493 e. The molecule has 2 aromatic rings. The molecule has 1 heterocycles. The smallest absolute Gasteiger partial charge is 0.250 e. The molecule has 11 heteroatoms. The summed E-state index contributed by atoms with van der Waals surface area (Å²) in [5.74, 6) is 1.39. The van der Waals surface area contributed by atoms with Crippen LogP contribution in [0.1, 0.15) is 31.2 Å². The number of hydrogen-bond donors (Lipinski definition) is 2. The molecule has 2 amide bonds. The van der Waals surface area contributed by atoms with Gasteiger partial charge in [0.1, 0.15) is 0 Å². The van der Waals surface area contributed by atoms with Gasteiger partial charge in [-0.15, -0.1) is 10.2 Å². The molecule has 0 atom stereocenters. The first-order valence-electron chi connectivity index (χ1n) is 10.1. The number of aromatic nitrogens is 2. The second-order valence-electron chi connectivity index (χ2n) is 6.99. The molecule has 0 aliphatic heterocycles. The Morgan fingerprint density at radius 3 is 2.44 bits per heavy atom. The van der Waals surface area contributed by atoms with Crippen molar-refractivity contribution < 1.29 is 23.8 Å². The van der Waals surface area contributed by atoms with E-state index < -0.39 is 0 Å². The van der Waals surface area contributed by atoms with Gasteiger partial charge in [-0.3, -0.25) is 14.9 Å². The molecule has 1 saturated carbocycles. The zero-order chi connectivity index (χ0) is 22.9. The van der Waals surface area contributed by atoms with Crippen LogP contribution in [0, 0.1) is 0 Å². The van der Waals surface area contributed by atoms with Crippen molar-refractivity contribution >= 4 is 46.1 Å². The first-order chi connectivity index (χ1) is 15.5. The Balaban J connectivity index is 1.52. The standard InChI is InChI=1S/C21H26N4O5S2/c1-28-15-10-13(11-16(29-2)19(15)30-3)8-9-17(26)23-20-24-25-21(32-20)31-12-18(27)22-14-6-4-5-7-14/h8-11,14H,4-7,12H2,1-3H3,(H,22,27)(H,23,24,26)/b9-8+. The SMILES string of the molecule is COc1cc(/C=C/C(=O)Nc2nnc(SCC(=O)NC3CCCC3)s2)cc(OC)c1OC. The van der Waals surface area contributed by atoms with Crippen molar-refractivity contribution in [1.82, 2.24) is 15.5 Å². The number of carbonyl (C=O) groups is 2. The summed E-state index contributed by atoms with van der Waals surface area (Å²) in [5, 5.41) is 14.1. The van der Waals surface area contributed by atoms with Gasteiger partial charge in [0.15, 0.2) is 15.8 Å². The van der Waals surface area contributed by atoms with Crippen molar-refractivity contribution in [2.24, 2.45) is 0 Å². The molecule has 0 radical (unpaired) electrons. The monoisotopic (exact) mass is 478 g/mol. The molecule has 1 fully saturated rings. The van der Waals surface area contributed by atoms with Crippen LogP contribution in [0.2, 0.25) is 0 Å². The van der Waals surface area contributed by atoms with Crippen molar-refractivity contribution in [3.63, 3.8) is 0 Å². The van der Waals surface area contributed by atoms with Crippen molar-refractivity contribution in [1.29, 1.82) is 0 Å². The predicted molar refractivity (Wildman–Crippen MR) is 125 cm³/mol. The molecular weight excluding hydrogens is 452 g/mol. The van der Waals surface area contributed by atoms with E-state index in [4.69, 9.17) is 14.2 Å². The fourth-order valence-electron chi connectivity index (χ4n) is 3.30. The van der Waals surface area contributed by atoms with E-state index in [1.54, 1.807) is 18.2 Å². The number of methoxy groups -OCH3 is 3. The number of thioether (sulfide) groups is 1. The fourth-order valence-corrected chi connectivity index (χ4v) is 4.87. The molecule has 0 saturated heterocycles. The summed E-state index contributed by atoms with van der Waals surface area (Å²) in [5.41, 5.74) is 0.705. The second-order valence-corrected chi connectivity index (χ2v) is 9.19. The molecule has 1 aromatic carbocycles. The van der Waals surface area contributed by atoms with Crippen molar-refractivity contribution in [2.45, 2.75) is 36.1 Å². The van der Waals surface area contributed by atoms with E-state index in [9.17, 15) is 9.59 Å². The highest BCUT2D eigenvalue weighted by Crippen LogP contribution is 2.38. The van der Waals surface area contributed by atoms with E-state index in [-0.39, 0.29) is 17.6 Å². The van der Waals surface area contributed by atoms with Crippen LogP contribution < -0.4 is 24.8 Å². The molecule has 1 aromatic heterocycles. The highest BCUT2D eigenvalue weighted by atomic mass is 32.2. The van der Waals surface area contributed by atoms with Crippen LogP contribution >= 0.6 is 23.1 Å². The Hall–Kier alpha value is -2.79. The average molecular weight is 479 g/mol. The quantitative estimate of drug-likeness (QED) is 0.304. The Bertz CT molecular complexity index is 948. The minimum Gasteiger partial charge on any atom is -0.493 e. The second kappa shape index (κ2) is 11.7. The topological polar surface area (TPSA) is 112 Å². The lowest BCUT2D eigenvalue weighted by Gasteiger charge is -2.12. The van der Waals surface area contributed by atoms with E-state index in [1.165, 1.54) is 63.3 Å². The van der Waals surface area contributed by atoms with Gasteiger partial charge in [-0.05, 0) is 36.6 Å². The van der Waals surface area contributed by atoms with Crippen LogP contribution in [-0.2, 0) is 9.59 Å². The van der Waals surface area contributed by atoms with Gasteiger partial charge in [0.05, 0.1) is 27.1 Å². The Morgan fingerprint density at radius 1 is 1.12 bits per heavy atom. The van der Waals surface area contributed by atoms with Crippen molar-refractivity contribution in [3.8, 4) is 17.2 Å². The maximum Gasteiger partial charge on any atom is 0.250 e. The van der Waals surface area contributed by atoms with Crippen LogP contribution in [0.5, 0.6) is 17.2 Å². The summed E-state index contributed by atoms with van der Waals surface area (Å²) >= 11 is 2.53. The fraction of sp³-hybridized carbons (Fsp3) is 0.429. The molecule has 1 aliphatic rings. The van der Waals surface area contributed by atoms with Crippen LogP contribution in [-0.4, -0.2) is 55.1 Å². The molecule has 32 heavy (non-hydrogen) atoms. The maximum absolute atomic E-state index is 12.3. The van der Waals surface area contributed by atoms with Gasteiger partial charge in [-0.1, -0.05) is 35.9 Å². The number of nitrogens with zero attached hydrogens (tertiary/aromatic N) is 2. The predicted octanol–water partition coefficient (Wildman–Crippen LogP) is 3.37. The lowest BCUT2D eigenvalue weighted by molar-refractivity contribution is -0.119. The highest BCUT2D eigenvalue weighted by molar-refractivity contribution is 8.01. The Morgan fingerprint density at radius 2 is 1.81 bits per heavy atom. The van der Waals surface area contributed by atoms with Gasteiger partial charge < -0.3 is 19.5 Å². The maximum atomic E-state index is 12.3. The summed E-state index contributed by atoms with van der Waals surface area (Å²) in [4.78, 5) is 24.3. The highest BCUT2D eigenvalue weighted by Gasteiger charge is 2.18. The zero-order valence-corrected chi connectivity index (χ0v) is 19.8. The number of amides is 2. The molecule has 0 unspecified atom stereocenters. The van der Waals surface area contributed by atoms with Crippen LogP contribution in [0.15, 0.2) is 22.5 Å². The van der Waals surface area contributed by atoms with Gasteiger partial charge in [-0.25, -0.2) is 0 Å². The van der Waals surface area contributed by atoms with E-state index in [0.717, 1.165) is 12.8 Å². The van der Waals surface area contributed by atoms with Crippen LogP contribution in [0.3, 0.4) is 0 Å². The first kappa shape index (κ1) is 23.9. The number of hydrogen-bond acceptors (Lipinski definition) is 9. The molecule has 2 N–H and O–H groups in total. The normalized spacial score (nSPS) is 13.8. The number of rotatable bonds is 10. The van der Waals surface area contributed by atoms with Gasteiger partial charge >= 0.3 is 0 Å². The number of anilines is 1. The van der Waals surface area contributed by atoms with Crippen LogP contribution in [0.4, 0.5) is 5.13 Å². The average Bonchev–Trinajstić information content (AvgIpc) is 3.47. The molecule has 0 bridgehead atoms. The number of ether oxygens (including phenoxy) is 3. The Labute approximate surface area is 194 Å². The minimum atomic E-state index is -0.356. The van der Waals surface area contributed by atoms with Gasteiger partial charge in [0.25, 0.3) is 0 Å². The van der Waals surface area contributed by atoms with E-state index in [2.05, 4.69) is 20.8 Å². The first-order valence-corrected chi connectivity index (χ1v) is 11.9. The summed E-state index contributed by atoms with van der Waals surface area (Å²) in [7, 11) is 4.59. The molecule has 9 nitrogen and oxygen atoms in total. The summed E-state index contributed by atoms with van der Waals surface area (Å²) in [6, 6.07) is 3.77. The summed E-state index contributed by atoms with van der Waals surface area (Å²) in [6.45, 7) is 0. The lowest BCUT2D eigenvalue weighted by Crippen LogP contribution is -2.33. The van der Waals surface area contributed by atoms with Gasteiger partial charge in [0.2, 0.25) is 22.7 Å². The summed E-state index contributed by atoms with van der Waals surface area (Å²) < 4.78 is 16.5. The van der Waals surface area contributed by atoms with Crippen LogP contribution in [0.25, 0.3) is 6.08 Å². The summed E-state index contributed by atoms with van der Waals surface area (Å²) in [6.07, 6.45) is 7.45. The molecule has 172 valence electrons. The number of benzene rings is 1. The van der Waals surface area contributed by atoms with Crippen molar-refractivity contribution in [2.75, 3.05) is 32.4 Å². The van der Waals surface area contributed by atoms with E-state index in [1.807, 2.05) is 0 Å². The molecule has 0 spiro atoms. The number of carbonyl (C=O) groups excluding carboxylic acids is 2. The molecular formula is C21H26N4O5S2. The zero-order valence-electron chi connectivity index (χ0n) is 18.2.